The Balaban J connectivity index is 2.33. The number of benzene rings is 1. The van der Waals surface area contributed by atoms with Crippen LogP contribution in [0.4, 0.5) is 11.5 Å². The fraction of sp³-hybridized carbons (Fsp3) is 0.167. The minimum Gasteiger partial charge on any atom is -0.438 e. The van der Waals surface area contributed by atoms with Crippen LogP contribution >= 0.6 is 0 Å². The summed E-state index contributed by atoms with van der Waals surface area (Å²) in [5, 5.41) is 10.7. The molecule has 0 saturated heterocycles. The largest absolute Gasteiger partial charge is 0.438 e. The van der Waals surface area contributed by atoms with E-state index in [0.717, 1.165) is 0 Å². The molecule has 2 rings (SSSR count). The van der Waals surface area contributed by atoms with Gasteiger partial charge >= 0.3 is 0 Å². The Morgan fingerprint density at radius 3 is 2.70 bits per heavy atom. The van der Waals surface area contributed by atoms with Gasteiger partial charge in [-0.2, -0.15) is 0 Å². The molecular weight excluding hydrogens is 262 g/mol. The van der Waals surface area contributed by atoms with Gasteiger partial charge in [-0.25, -0.2) is 15.8 Å². The summed E-state index contributed by atoms with van der Waals surface area (Å²) >= 11 is 0. The van der Waals surface area contributed by atoms with E-state index < -0.39 is 4.92 Å². The van der Waals surface area contributed by atoms with Gasteiger partial charge in [0, 0.05) is 12.1 Å². The Hall–Kier alpha value is -2.74. The van der Waals surface area contributed by atoms with Crippen molar-refractivity contribution >= 4 is 11.5 Å². The van der Waals surface area contributed by atoms with E-state index in [1.165, 1.54) is 24.5 Å². The maximum atomic E-state index is 10.7. The molecule has 1 heterocycles. The van der Waals surface area contributed by atoms with Gasteiger partial charge in [0.05, 0.1) is 10.5 Å². The van der Waals surface area contributed by atoms with E-state index in [2.05, 4.69) is 15.4 Å². The van der Waals surface area contributed by atoms with Crippen molar-refractivity contribution < 1.29 is 9.66 Å². The Bertz CT molecular complexity index is 660. The van der Waals surface area contributed by atoms with Gasteiger partial charge in [0.1, 0.15) is 17.9 Å². The highest BCUT2D eigenvalue weighted by Crippen LogP contribution is 2.29. The molecule has 0 bridgehead atoms. The summed E-state index contributed by atoms with van der Waals surface area (Å²) in [7, 11) is 0. The second-order valence-electron chi connectivity index (χ2n) is 4.11. The number of aromatic nitrogens is 2. The molecule has 0 spiro atoms. The monoisotopic (exact) mass is 275 g/mol. The molecule has 2 aromatic rings. The van der Waals surface area contributed by atoms with Crippen molar-refractivity contribution in [1.82, 2.24) is 9.97 Å². The molecule has 0 fully saturated rings. The van der Waals surface area contributed by atoms with Crippen LogP contribution in [0.25, 0.3) is 0 Å². The van der Waals surface area contributed by atoms with Gasteiger partial charge in [-0.3, -0.25) is 10.1 Å². The van der Waals surface area contributed by atoms with Gasteiger partial charge in [0.15, 0.2) is 0 Å². The number of nitro benzene ring substituents is 1. The van der Waals surface area contributed by atoms with Gasteiger partial charge in [0.2, 0.25) is 5.88 Å². The SMILES string of the molecule is Cc1cc([N+](=O)[O-])ccc1Oc1ncnc(NN)c1C. The number of aryl methyl sites for hydroxylation is 1. The van der Waals surface area contributed by atoms with E-state index >= 15 is 0 Å². The smallest absolute Gasteiger partial charge is 0.269 e. The topological polar surface area (TPSA) is 116 Å². The highest BCUT2D eigenvalue weighted by Gasteiger charge is 2.12. The fourth-order valence-corrected chi connectivity index (χ4v) is 1.65. The Morgan fingerprint density at radius 1 is 1.35 bits per heavy atom. The van der Waals surface area contributed by atoms with Crippen molar-refractivity contribution in [3.05, 3.63) is 45.8 Å². The van der Waals surface area contributed by atoms with Crippen molar-refractivity contribution in [2.24, 2.45) is 5.84 Å². The van der Waals surface area contributed by atoms with Gasteiger partial charge in [-0.05, 0) is 25.5 Å². The summed E-state index contributed by atoms with van der Waals surface area (Å²) in [6.07, 6.45) is 1.32. The van der Waals surface area contributed by atoms with Gasteiger partial charge < -0.3 is 10.2 Å². The van der Waals surface area contributed by atoms with E-state index in [4.69, 9.17) is 10.6 Å². The first-order valence-electron chi connectivity index (χ1n) is 5.74. The molecule has 0 aliphatic rings. The first-order valence-corrected chi connectivity index (χ1v) is 5.74. The minimum atomic E-state index is -0.455. The standard InChI is InChI=1S/C12H13N5O3/c1-7-5-9(17(18)19)3-4-10(7)20-12-8(2)11(16-13)14-6-15-12/h3-6H,13H2,1-2H3,(H,14,15,16). The molecule has 0 saturated carbocycles. The average Bonchev–Trinajstić information content (AvgIpc) is 2.43. The zero-order chi connectivity index (χ0) is 14.7. The van der Waals surface area contributed by atoms with Crippen molar-refractivity contribution in [1.29, 1.82) is 0 Å². The lowest BCUT2D eigenvalue weighted by Crippen LogP contribution is -2.11. The van der Waals surface area contributed by atoms with Gasteiger partial charge in [-0.15, -0.1) is 0 Å². The third-order valence-corrected chi connectivity index (χ3v) is 2.75. The number of nitrogens with one attached hydrogen (secondary N) is 1. The molecule has 1 aromatic heterocycles. The highest BCUT2D eigenvalue weighted by molar-refractivity contribution is 5.49. The van der Waals surface area contributed by atoms with Crippen LogP contribution in [0.5, 0.6) is 11.6 Å². The van der Waals surface area contributed by atoms with Crippen LogP contribution < -0.4 is 16.0 Å². The number of hydrazine groups is 1. The van der Waals surface area contributed by atoms with Crippen LogP contribution in [0.2, 0.25) is 0 Å². The Morgan fingerprint density at radius 2 is 2.10 bits per heavy atom. The Labute approximate surface area is 114 Å². The van der Waals surface area contributed by atoms with Crippen molar-refractivity contribution in [2.45, 2.75) is 13.8 Å². The van der Waals surface area contributed by atoms with Crippen LogP contribution in [-0.4, -0.2) is 14.9 Å². The molecule has 0 unspecified atom stereocenters. The third-order valence-electron chi connectivity index (χ3n) is 2.75. The fourth-order valence-electron chi connectivity index (χ4n) is 1.65. The van der Waals surface area contributed by atoms with E-state index in [1.54, 1.807) is 13.8 Å². The molecule has 8 heteroatoms. The number of rotatable bonds is 4. The summed E-state index contributed by atoms with van der Waals surface area (Å²) in [5.74, 6) is 6.60. The summed E-state index contributed by atoms with van der Waals surface area (Å²) in [4.78, 5) is 18.2. The van der Waals surface area contributed by atoms with Crippen molar-refractivity contribution in [3.8, 4) is 11.6 Å². The first-order chi connectivity index (χ1) is 9.52. The number of ether oxygens (including phenoxy) is 1. The van der Waals surface area contributed by atoms with Gasteiger partial charge in [0.25, 0.3) is 5.69 Å². The van der Waals surface area contributed by atoms with Crippen molar-refractivity contribution in [3.63, 3.8) is 0 Å². The number of hydrogen-bond donors (Lipinski definition) is 2. The lowest BCUT2D eigenvalue weighted by atomic mass is 10.2. The molecule has 0 aliphatic heterocycles. The third kappa shape index (κ3) is 2.64. The predicted molar refractivity (Wildman–Crippen MR) is 72.5 cm³/mol. The summed E-state index contributed by atoms with van der Waals surface area (Å²) < 4.78 is 5.65. The summed E-state index contributed by atoms with van der Waals surface area (Å²) in [6.45, 7) is 3.48. The molecule has 1 aromatic carbocycles. The summed E-state index contributed by atoms with van der Waals surface area (Å²) in [5.41, 5.74) is 3.74. The first kappa shape index (κ1) is 13.7. The van der Waals surface area contributed by atoms with E-state index in [-0.39, 0.29) is 5.69 Å². The summed E-state index contributed by atoms with van der Waals surface area (Å²) in [6, 6.07) is 4.35. The van der Waals surface area contributed by atoms with Crippen LogP contribution in [0.15, 0.2) is 24.5 Å². The lowest BCUT2D eigenvalue weighted by molar-refractivity contribution is -0.384. The normalized spacial score (nSPS) is 10.2. The molecule has 0 aliphatic carbocycles. The Kier molecular flexibility index (Phi) is 3.76. The van der Waals surface area contributed by atoms with E-state index in [0.29, 0.717) is 28.6 Å². The minimum absolute atomic E-state index is 0.0126. The molecule has 0 radical (unpaired) electrons. The number of nitro groups is 1. The number of anilines is 1. The van der Waals surface area contributed by atoms with Crippen LogP contribution in [-0.2, 0) is 0 Å². The molecule has 8 nitrogen and oxygen atoms in total. The molecule has 20 heavy (non-hydrogen) atoms. The molecule has 0 atom stereocenters. The quantitative estimate of drug-likeness (QED) is 0.498. The number of non-ortho nitro benzene ring substituents is 1. The number of nitrogens with two attached hydrogens (primary N) is 1. The maximum absolute atomic E-state index is 10.7. The molecule has 3 N–H and O–H groups in total. The predicted octanol–water partition coefficient (Wildman–Crippen LogP) is 2.08. The van der Waals surface area contributed by atoms with Crippen LogP contribution in [0, 0.1) is 24.0 Å². The maximum Gasteiger partial charge on any atom is 0.269 e. The van der Waals surface area contributed by atoms with E-state index in [9.17, 15) is 10.1 Å². The zero-order valence-corrected chi connectivity index (χ0v) is 11.0. The molecule has 0 amide bonds. The van der Waals surface area contributed by atoms with Crippen LogP contribution in [0.3, 0.4) is 0 Å². The number of nitrogen functional groups attached to an aromatic ring is 1. The second kappa shape index (κ2) is 5.49. The second-order valence-corrected chi connectivity index (χ2v) is 4.11. The number of hydrogen-bond acceptors (Lipinski definition) is 7. The van der Waals surface area contributed by atoms with Crippen LogP contribution in [0.1, 0.15) is 11.1 Å². The lowest BCUT2D eigenvalue weighted by Gasteiger charge is -2.11. The average molecular weight is 275 g/mol. The zero-order valence-electron chi connectivity index (χ0n) is 11.0. The van der Waals surface area contributed by atoms with Gasteiger partial charge in [-0.1, -0.05) is 0 Å². The number of nitrogens with zero attached hydrogens (tertiary/aromatic N) is 3. The molecular formula is C12H13N5O3. The van der Waals surface area contributed by atoms with Crippen molar-refractivity contribution in [2.75, 3.05) is 5.43 Å². The molecule has 104 valence electrons. The highest BCUT2D eigenvalue weighted by atomic mass is 16.6. The van der Waals surface area contributed by atoms with E-state index in [1.807, 2.05) is 0 Å².